The topological polar surface area (TPSA) is 118 Å². The number of hydrogen-bond acceptors (Lipinski definition) is 7. The molecule has 0 saturated carbocycles. The Bertz CT molecular complexity index is 1140. The Balaban J connectivity index is 1.93. The van der Waals surface area contributed by atoms with Crippen LogP contribution in [0.15, 0.2) is 72.8 Å². The van der Waals surface area contributed by atoms with E-state index in [4.69, 9.17) is 19.5 Å². The second-order valence-electron chi connectivity index (χ2n) is 7.16. The summed E-state index contributed by atoms with van der Waals surface area (Å²) in [6, 6.07) is 21.4. The number of anilines is 1. The Morgan fingerprint density at radius 2 is 1.85 bits per heavy atom. The lowest BCUT2D eigenvalue weighted by Gasteiger charge is -2.22. The molecule has 0 spiro atoms. The van der Waals surface area contributed by atoms with Crippen molar-refractivity contribution >= 4 is 17.9 Å². The molecule has 3 aromatic carbocycles. The molecule has 3 rings (SSSR count). The zero-order valence-electron chi connectivity index (χ0n) is 18.5. The van der Waals surface area contributed by atoms with Crippen LogP contribution >= 0.6 is 0 Å². The zero-order chi connectivity index (χ0) is 24.3. The fourth-order valence-corrected chi connectivity index (χ4v) is 3.16. The Kier molecular flexibility index (Phi) is 8.60. The smallest absolute Gasteiger partial charge is 0.330 e. The predicted octanol–water partition coefficient (Wildman–Crippen LogP) is 4.32. The van der Waals surface area contributed by atoms with Gasteiger partial charge in [-0.15, -0.1) is 0 Å². The van der Waals surface area contributed by atoms with Gasteiger partial charge in [-0.05, 0) is 55.0 Å². The average Bonchev–Trinajstić information content (AvgIpc) is 2.87. The first-order chi connectivity index (χ1) is 16.5. The number of carboxylic acids is 1. The van der Waals surface area contributed by atoms with Gasteiger partial charge >= 0.3 is 5.97 Å². The number of aldehydes is 1. The van der Waals surface area contributed by atoms with E-state index < -0.39 is 18.3 Å². The van der Waals surface area contributed by atoms with Crippen LogP contribution in [0.3, 0.4) is 0 Å². The van der Waals surface area contributed by atoms with E-state index in [0.29, 0.717) is 23.3 Å². The van der Waals surface area contributed by atoms with E-state index in [9.17, 15) is 14.7 Å². The second kappa shape index (κ2) is 12.0. The van der Waals surface area contributed by atoms with Gasteiger partial charge in [0, 0.05) is 17.9 Å². The van der Waals surface area contributed by atoms with E-state index in [0.717, 1.165) is 5.56 Å². The van der Waals surface area contributed by atoms with Crippen LogP contribution in [0.4, 0.5) is 5.69 Å². The van der Waals surface area contributed by atoms with Crippen molar-refractivity contribution in [3.63, 3.8) is 0 Å². The average molecular weight is 460 g/mol. The van der Waals surface area contributed by atoms with Crippen LogP contribution in [0.2, 0.25) is 0 Å². The van der Waals surface area contributed by atoms with Gasteiger partial charge in [0.2, 0.25) is 0 Å². The third-order valence-electron chi connectivity index (χ3n) is 4.80. The van der Waals surface area contributed by atoms with E-state index in [1.54, 1.807) is 49.4 Å². The number of carboxylic acid groups (broad SMARTS) is 1. The summed E-state index contributed by atoms with van der Waals surface area (Å²) in [6.07, 6.45) is -0.694. The molecule has 0 amide bonds. The molecule has 174 valence electrons. The van der Waals surface area contributed by atoms with E-state index in [-0.39, 0.29) is 24.5 Å². The minimum absolute atomic E-state index is 0.158. The van der Waals surface area contributed by atoms with Gasteiger partial charge in [-0.2, -0.15) is 5.26 Å². The van der Waals surface area contributed by atoms with Gasteiger partial charge in [-0.3, -0.25) is 4.79 Å². The standard InChI is InChI=1S/C26H24N2O6/c1-2-32-24(16-29)34-23-13-12-21(33-17-19-6-4-3-5-7-19)14-22(23)25(26(30)31)28-20-10-8-18(15-27)9-11-20/h3-14,16,24-25,28H,2,17H2,1H3,(H,30,31). The zero-order valence-corrected chi connectivity index (χ0v) is 18.5. The number of rotatable bonds is 12. The van der Waals surface area contributed by atoms with Crippen LogP contribution < -0.4 is 14.8 Å². The van der Waals surface area contributed by atoms with Crippen LogP contribution in [0, 0.1) is 11.3 Å². The molecule has 2 unspecified atom stereocenters. The van der Waals surface area contributed by atoms with Crippen molar-refractivity contribution in [2.24, 2.45) is 0 Å². The SMILES string of the molecule is CCOC(C=O)Oc1ccc(OCc2ccccc2)cc1C(Nc1ccc(C#N)cc1)C(=O)O. The fourth-order valence-electron chi connectivity index (χ4n) is 3.16. The molecule has 3 aromatic rings. The van der Waals surface area contributed by atoms with Gasteiger partial charge in [0.05, 0.1) is 11.6 Å². The number of nitrogens with zero attached hydrogens (tertiary/aromatic N) is 1. The summed E-state index contributed by atoms with van der Waals surface area (Å²) in [5, 5.41) is 21.9. The first kappa shape index (κ1) is 24.3. The van der Waals surface area contributed by atoms with Crippen molar-refractivity contribution in [1.82, 2.24) is 0 Å². The van der Waals surface area contributed by atoms with Gasteiger partial charge < -0.3 is 24.6 Å². The van der Waals surface area contributed by atoms with Gasteiger partial charge in [0.25, 0.3) is 6.29 Å². The first-order valence-corrected chi connectivity index (χ1v) is 10.6. The first-order valence-electron chi connectivity index (χ1n) is 10.6. The summed E-state index contributed by atoms with van der Waals surface area (Å²) in [7, 11) is 0. The third kappa shape index (κ3) is 6.58. The molecule has 34 heavy (non-hydrogen) atoms. The van der Waals surface area contributed by atoms with Crippen molar-refractivity contribution in [2.45, 2.75) is 25.9 Å². The molecule has 0 aromatic heterocycles. The molecule has 0 heterocycles. The Morgan fingerprint density at radius 3 is 2.47 bits per heavy atom. The second-order valence-corrected chi connectivity index (χ2v) is 7.16. The molecule has 8 nitrogen and oxygen atoms in total. The van der Waals surface area contributed by atoms with Crippen molar-refractivity contribution in [3.05, 3.63) is 89.5 Å². The van der Waals surface area contributed by atoms with Crippen molar-refractivity contribution in [3.8, 4) is 17.6 Å². The van der Waals surface area contributed by atoms with Crippen molar-refractivity contribution in [1.29, 1.82) is 5.26 Å². The summed E-state index contributed by atoms with van der Waals surface area (Å²) in [6.45, 7) is 2.24. The number of ether oxygens (including phenoxy) is 3. The molecular formula is C26H24N2O6. The molecule has 0 bridgehead atoms. The van der Waals surface area contributed by atoms with E-state index in [1.807, 2.05) is 36.4 Å². The molecule has 0 radical (unpaired) electrons. The highest BCUT2D eigenvalue weighted by molar-refractivity contribution is 5.80. The number of nitriles is 1. The number of aliphatic carboxylic acids is 1. The summed E-state index contributed by atoms with van der Waals surface area (Å²) < 4.78 is 16.8. The summed E-state index contributed by atoms with van der Waals surface area (Å²) >= 11 is 0. The summed E-state index contributed by atoms with van der Waals surface area (Å²) in [4.78, 5) is 23.6. The molecule has 0 fully saturated rings. The van der Waals surface area contributed by atoms with Crippen LogP contribution in [-0.4, -0.2) is 30.3 Å². The lowest BCUT2D eigenvalue weighted by Crippen LogP contribution is -2.25. The normalized spacial score (nSPS) is 12.1. The number of carbonyl (C=O) groups excluding carboxylic acids is 1. The lowest BCUT2D eigenvalue weighted by atomic mass is 10.0. The van der Waals surface area contributed by atoms with Crippen LogP contribution in [0.1, 0.15) is 29.7 Å². The van der Waals surface area contributed by atoms with Gasteiger partial charge in [0.15, 0.2) is 12.3 Å². The third-order valence-corrected chi connectivity index (χ3v) is 4.80. The Morgan fingerprint density at radius 1 is 1.12 bits per heavy atom. The van der Waals surface area contributed by atoms with Crippen LogP contribution in [0.25, 0.3) is 0 Å². The fraction of sp³-hybridized carbons (Fsp3) is 0.192. The lowest BCUT2D eigenvalue weighted by molar-refractivity contribution is -0.138. The summed E-state index contributed by atoms with van der Waals surface area (Å²) in [5.74, 6) is -0.585. The van der Waals surface area contributed by atoms with Gasteiger partial charge in [-0.1, -0.05) is 30.3 Å². The number of benzene rings is 3. The predicted molar refractivity (Wildman–Crippen MR) is 124 cm³/mol. The highest BCUT2D eigenvalue weighted by Gasteiger charge is 2.26. The molecule has 2 N–H and O–H groups in total. The Labute approximate surface area is 197 Å². The maximum atomic E-state index is 12.2. The highest BCUT2D eigenvalue weighted by atomic mass is 16.7. The maximum Gasteiger partial charge on any atom is 0.330 e. The molecule has 2 atom stereocenters. The minimum Gasteiger partial charge on any atom is -0.489 e. The Hall–Kier alpha value is -4.35. The van der Waals surface area contributed by atoms with E-state index in [2.05, 4.69) is 5.32 Å². The molecule has 0 aliphatic rings. The monoisotopic (exact) mass is 460 g/mol. The van der Waals surface area contributed by atoms with E-state index >= 15 is 0 Å². The van der Waals surface area contributed by atoms with Crippen molar-refractivity contribution < 1.29 is 28.9 Å². The van der Waals surface area contributed by atoms with Crippen LogP contribution in [-0.2, 0) is 20.9 Å². The minimum atomic E-state index is -1.24. The number of hydrogen-bond donors (Lipinski definition) is 2. The van der Waals surface area contributed by atoms with E-state index in [1.165, 1.54) is 0 Å². The molecule has 0 saturated heterocycles. The largest absolute Gasteiger partial charge is 0.489 e. The van der Waals surface area contributed by atoms with Gasteiger partial charge in [-0.25, -0.2) is 4.79 Å². The number of nitrogens with one attached hydrogen (secondary N) is 1. The highest BCUT2D eigenvalue weighted by Crippen LogP contribution is 2.33. The van der Waals surface area contributed by atoms with Crippen molar-refractivity contribution in [2.75, 3.05) is 11.9 Å². The van der Waals surface area contributed by atoms with Crippen LogP contribution in [0.5, 0.6) is 11.5 Å². The molecule has 0 aliphatic carbocycles. The summed E-state index contributed by atoms with van der Waals surface area (Å²) in [5.41, 5.74) is 2.13. The molecule has 8 heteroatoms. The molecular weight excluding hydrogens is 436 g/mol. The quantitative estimate of drug-likeness (QED) is 0.303. The number of carbonyl (C=O) groups is 2. The van der Waals surface area contributed by atoms with Gasteiger partial charge in [0.1, 0.15) is 18.1 Å². The maximum absolute atomic E-state index is 12.2. The molecule has 0 aliphatic heterocycles.